The van der Waals surface area contributed by atoms with Crippen LogP contribution in [-0.2, 0) is 6.42 Å². The first-order chi connectivity index (χ1) is 15.0. The first-order valence-corrected chi connectivity index (χ1v) is 11.5. The molecule has 2 aromatic heterocycles. The molecule has 1 aromatic carbocycles. The SMILES string of the molecule is CCCCC(CC(=O)c1cnc(N2CCN(C)C(C)C2)o1)Cc1c[nH]c2ccccc12. The summed E-state index contributed by atoms with van der Waals surface area (Å²) >= 11 is 0. The van der Waals surface area contributed by atoms with Crippen LogP contribution in [0.15, 0.2) is 41.1 Å². The predicted octanol–water partition coefficient (Wildman–Crippen LogP) is 4.92. The monoisotopic (exact) mass is 422 g/mol. The Labute approximate surface area is 184 Å². The summed E-state index contributed by atoms with van der Waals surface area (Å²) in [4.78, 5) is 25.3. The Morgan fingerprint density at radius 1 is 1.32 bits per heavy atom. The van der Waals surface area contributed by atoms with E-state index in [0.717, 1.165) is 50.8 Å². The first-order valence-electron chi connectivity index (χ1n) is 11.5. The Bertz CT molecular complexity index is 1010. The minimum absolute atomic E-state index is 0.0573. The second-order valence-corrected chi connectivity index (χ2v) is 8.98. The maximum atomic E-state index is 13.1. The van der Waals surface area contributed by atoms with Crippen molar-refractivity contribution in [2.24, 2.45) is 5.92 Å². The molecule has 0 aliphatic carbocycles. The highest BCUT2D eigenvalue weighted by atomic mass is 16.4. The maximum Gasteiger partial charge on any atom is 0.297 e. The Balaban J connectivity index is 1.43. The summed E-state index contributed by atoms with van der Waals surface area (Å²) in [5.41, 5.74) is 2.44. The number of H-pyrrole nitrogens is 1. The molecule has 1 fully saturated rings. The van der Waals surface area contributed by atoms with Crippen LogP contribution in [0.4, 0.5) is 6.01 Å². The average Bonchev–Trinajstić information content (AvgIpc) is 3.42. The lowest BCUT2D eigenvalue weighted by Crippen LogP contribution is -2.50. The van der Waals surface area contributed by atoms with Crippen LogP contribution in [-0.4, -0.2) is 53.4 Å². The average molecular weight is 423 g/mol. The van der Waals surface area contributed by atoms with Crippen molar-refractivity contribution >= 4 is 22.7 Å². The van der Waals surface area contributed by atoms with E-state index in [4.69, 9.17) is 4.42 Å². The standard InChI is InChI=1S/C25H34N4O2/c1-4-5-8-19(13-20-15-26-22-10-7-6-9-21(20)22)14-23(30)24-16-27-25(31-24)29-12-11-28(3)18(2)17-29/h6-7,9-10,15-16,18-19,26H,4-5,8,11-14,17H2,1-3H3. The van der Waals surface area contributed by atoms with Crippen LogP contribution in [0.1, 0.15) is 55.6 Å². The number of ketones is 1. The summed E-state index contributed by atoms with van der Waals surface area (Å²) in [5, 5.41) is 1.25. The molecule has 6 heteroatoms. The van der Waals surface area contributed by atoms with Gasteiger partial charge in [-0.15, -0.1) is 0 Å². The van der Waals surface area contributed by atoms with Gasteiger partial charge in [0.25, 0.3) is 6.01 Å². The molecule has 6 nitrogen and oxygen atoms in total. The van der Waals surface area contributed by atoms with Crippen molar-refractivity contribution in [2.75, 3.05) is 31.6 Å². The smallest absolute Gasteiger partial charge is 0.297 e. The van der Waals surface area contributed by atoms with E-state index in [0.29, 0.717) is 30.2 Å². The Kier molecular flexibility index (Phi) is 6.76. The molecule has 0 spiro atoms. The van der Waals surface area contributed by atoms with Crippen molar-refractivity contribution in [3.05, 3.63) is 48.0 Å². The molecular formula is C25H34N4O2. The molecule has 4 rings (SSSR count). The molecule has 3 heterocycles. The summed E-state index contributed by atoms with van der Waals surface area (Å²) in [5.74, 6) is 0.743. The summed E-state index contributed by atoms with van der Waals surface area (Å²) < 4.78 is 5.92. The van der Waals surface area contributed by atoms with Gasteiger partial charge in [0, 0.05) is 49.2 Å². The largest absolute Gasteiger partial charge is 0.420 e. The van der Waals surface area contributed by atoms with Crippen molar-refractivity contribution in [3.63, 3.8) is 0 Å². The molecule has 31 heavy (non-hydrogen) atoms. The number of oxazole rings is 1. The van der Waals surface area contributed by atoms with Crippen LogP contribution >= 0.6 is 0 Å². The zero-order chi connectivity index (χ0) is 21.8. The van der Waals surface area contributed by atoms with E-state index in [-0.39, 0.29) is 5.78 Å². The third-order valence-electron chi connectivity index (χ3n) is 6.62. The summed E-state index contributed by atoms with van der Waals surface area (Å²) in [6.45, 7) is 7.10. The number of Topliss-reactive ketones (excluding diaryl/α,β-unsaturated/α-hetero) is 1. The highest BCUT2D eigenvalue weighted by Crippen LogP contribution is 2.27. The van der Waals surface area contributed by atoms with Crippen molar-refractivity contribution in [1.82, 2.24) is 14.9 Å². The number of hydrogen-bond acceptors (Lipinski definition) is 5. The minimum atomic E-state index is 0.0573. The Morgan fingerprint density at radius 3 is 2.97 bits per heavy atom. The van der Waals surface area contributed by atoms with E-state index in [9.17, 15) is 4.79 Å². The molecule has 2 unspecified atom stereocenters. The molecule has 0 saturated carbocycles. The van der Waals surface area contributed by atoms with Crippen LogP contribution in [0.5, 0.6) is 0 Å². The number of piperazine rings is 1. The van der Waals surface area contributed by atoms with Gasteiger partial charge in [-0.05, 0) is 44.4 Å². The van der Waals surface area contributed by atoms with Gasteiger partial charge >= 0.3 is 0 Å². The number of likely N-dealkylation sites (N-methyl/N-ethyl adjacent to an activating group) is 1. The molecule has 0 radical (unpaired) electrons. The molecule has 0 amide bonds. The van der Waals surface area contributed by atoms with Gasteiger partial charge in [-0.1, -0.05) is 38.0 Å². The molecule has 2 atom stereocenters. The van der Waals surface area contributed by atoms with E-state index in [1.807, 2.05) is 6.07 Å². The van der Waals surface area contributed by atoms with Gasteiger partial charge in [-0.25, -0.2) is 4.98 Å². The lowest BCUT2D eigenvalue weighted by Gasteiger charge is -2.36. The number of nitrogens with zero attached hydrogens (tertiary/aromatic N) is 3. The second-order valence-electron chi connectivity index (χ2n) is 8.98. The molecule has 166 valence electrons. The highest BCUT2D eigenvalue weighted by Gasteiger charge is 2.26. The van der Waals surface area contributed by atoms with E-state index < -0.39 is 0 Å². The van der Waals surface area contributed by atoms with Crippen molar-refractivity contribution < 1.29 is 9.21 Å². The highest BCUT2D eigenvalue weighted by molar-refractivity contribution is 5.93. The van der Waals surface area contributed by atoms with E-state index in [2.05, 4.69) is 65.1 Å². The van der Waals surface area contributed by atoms with Crippen LogP contribution < -0.4 is 4.90 Å². The minimum Gasteiger partial charge on any atom is -0.420 e. The van der Waals surface area contributed by atoms with Crippen molar-refractivity contribution in [1.29, 1.82) is 0 Å². The van der Waals surface area contributed by atoms with Crippen molar-refractivity contribution in [2.45, 2.75) is 52.0 Å². The molecule has 1 aliphatic heterocycles. The Morgan fingerprint density at radius 2 is 2.16 bits per heavy atom. The van der Waals surface area contributed by atoms with Crippen LogP contribution in [0.2, 0.25) is 0 Å². The third kappa shape index (κ3) is 5.01. The van der Waals surface area contributed by atoms with Crippen molar-refractivity contribution in [3.8, 4) is 0 Å². The van der Waals surface area contributed by atoms with Crippen LogP contribution in [0.25, 0.3) is 10.9 Å². The molecular weight excluding hydrogens is 388 g/mol. The third-order valence-corrected chi connectivity index (χ3v) is 6.62. The number of unbranched alkanes of at least 4 members (excludes halogenated alkanes) is 1. The van der Waals surface area contributed by atoms with E-state index in [1.54, 1.807) is 6.20 Å². The Hall–Kier alpha value is -2.60. The lowest BCUT2D eigenvalue weighted by molar-refractivity contribution is 0.0931. The van der Waals surface area contributed by atoms with Crippen LogP contribution in [0, 0.1) is 5.92 Å². The number of anilines is 1. The fourth-order valence-corrected chi connectivity index (χ4v) is 4.51. The number of hydrogen-bond donors (Lipinski definition) is 1. The second kappa shape index (κ2) is 9.69. The topological polar surface area (TPSA) is 65.4 Å². The normalized spacial score (nSPS) is 18.5. The summed E-state index contributed by atoms with van der Waals surface area (Å²) in [6, 6.07) is 9.38. The molecule has 0 bridgehead atoms. The number of carbonyl (C=O) groups excluding carboxylic acids is 1. The fourth-order valence-electron chi connectivity index (χ4n) is 4.51. The van der Waals surface area contributed by atoms with Gasteiger partial charge in [0.1, 0.15) is 0 Å². The number of fused-ring (bicyclic) bond motifs is 1. The first kappa shape index (κ1) is 21.6. The van der Waals surface area contributed by atoms with Gasteiger partial charge in [0.15, 0.2) is 11.5 Å². The number of carbonyl (C=O) groups is 1. The lowest BCUT2D eigenvalue weighted by atomic mass is 9.89. The zero-order valence-electron chi connectivity index (χ0n) is 18.9. The molecule has 1 N–H and O–H groups in total. The summed E-state index contributed by atoms with van der Waals surface area (Å²) in [7, 11) is 2.14. The number of rotatable bonds is 9. The summed E-state index contributed by atoms with van der Waals surface area (Å²) in [6.07, 6.45) is 8.39. The number of aromatic amines is 1. The number of para-hydroxylation sites is 1. The number of nitrogens with one attached hydrogen (secondary N) is 1. The maximum absolute atomic E-state index is 13.1. The number of aromatic nitrogens is 2. The van der Waals surface area contributed by atoms with Gasteiger partial charge < -0.3 is 19.2 Å². The predicted molar refractivity (Wildman–Crippen MR) is 125 cm³/mol. The van der Waals surface area contributed by atoms with Crippen LogP contribution in [0.3, 0.4) is 0 Å². The van der Waals surface area contributed by atoms with E-state index in [1.165, 1.54) is 10.9 Å². The van der Waals surface area contributed by atoms with Gasteiger partial charge in [-0.2, -0.15) is 0 Å². The van der Waals surface area contributed by atoms with Gasteiger partial charge in [0.2, 0.25) is 0 Å². The molecule has 1 aliphatic rings. The van der Waals surface area contributed by atoms with Gasteiger partial charge in [0.05, 0.1) is 6.20 Å². The zero-order valence-corrected chi connectivity index (χ0v) is 18.9. The van der Waals surface area contributed by atoms with Gasteiger partial charge in [-0.3, -0.25) is 4.79 Å². The number of benzene rings is 1. The molecule has 1 saturated heterocycles. The fraction of sp³-hybridized carbons (Fsp3) is 0.520. The molecule has 3 aromatic rings. The quantitative estimate of drug-likeness (QED) is 0.496. The van der Waals surface area contributed by atoms with E-state index >= 15 is 0 Å².